The number of hydrogen-bond acceptors (Lipinski definition) is 3. The number of carbonyl (C=O) groups excluding carboxylic acids is 2. The molecule has 1 fully saturated rings. The number of aryl methyl sites for hydroxylation is 3. The largest absolute Gasteiger partial charge is 0.366 e. The zero-order valence-corrected chi connectivity index (χ0v) is 16.8. The zero-order chi connectivity index (χ0) is 19.8. The number of para-hydroxylation sites is 1. The number of carbonyl (C=O) groups is 2. The highest BCUT2D eigenvalue weighted by Crippen LogP contribution is 2.37. The Hall–Kier alpha value is -2.88. The lowest BCUT2D eigenvalue weighted by molar-refractivity contribution is -0.120. The van der Waals surface area contributed by atoms with Crippen molar-refractivity contribution in [3.63, 3.8) is 0 Å². The van der Waals surface area contributed by atoms with E-state index in [-0.39, 0.29) is 11.8 Å². The molecule has 2 aliphatic heterocycles. The Morgan fingerprint density at radius 1 is 0.750 bits per heavy atom. The van der Waals surface area contributed by atoms with Crippen LogP contribution in [-0.2, 0) is 9.59 Å². The third-order valence-corrected chi connectivity index (χ3v) is 5.88. The molecular weight excluding hydrogens is 348 g/mol. The van der Waals surface area contributed by atoms with E-state index < -0.39 is 0 Å². The van der Waals surface area contributed by atoms with Gasteiger partial charge in [-0.3, -0.25) is 9.59 Å². The van der Waals surface area contributed by atoms with Gasteiger partial charge in [0.25, 0.3) is 11.8 Å². The van der Waals surface area contributed by atoms with Crippen LogP contribution in [0.4, 0.5) is 5.69 Å². The Labute approximate surface area is 166 Å². The fourth-order valence-corrected chi connectivity index (χ4v) is 4.12. The van der Waals surface area contributed by atoms with Crippen LogP contribution in [0.5, 0.6) is 0 Å². The first kappa shape index (κ1) is 18.5. The molecule has 28 heavy (non-hydrogen) atoms. The Morgan fingerprint density at radius 3 is 2.14 bits per heavy atom. The van der Waals surface area contributed by atoms with E-state index >= 15 is 0 Å². The topological polar surface area (TPSA) is 40.6 Å². The van der Waals surface area contributed by atoms with Crippen molar-refractivity contribution < 1.29 is 9.59 Å². The van der Waals surface area contributed by atoms with Crippen molar-refractivity contribution in [1.29, 1.82) is 0 Å². The second-order valence-electron chi connectivity index (χ2n) is 7.80. The van der Waals surface area contributed by atoms with Gasteiger partial charge in [-0.05, 0) is 68.4 Å². The van der Waals surface area contributed by atoms with Gasteiger partial charge in [-0.1, -0.05) is 36.4 Å². The lowest BCUT2D eigenvalue weighted by Crippen LogP contribution is -2.37. The van der Waals surface area contributed by atoms with Crippen LogP contribution < -0.4 is 4.90 Å². The number of likely N-dealkylation sites (tertiary alicyclic amines) is 1. The summed E-state index contributed by atoms with van der Waals surface area (Å²) in [6.07, 6.45) is 3.28. The minimum absolute atomic E-state index is 0.200. The summed E-state index contributed by atoms with van der Waals surface area (Å²) in [5.41, 5.74) is 5.83. The molecule has 0 radical (unpaired) electrons. The minimum atomic E-state index is -0.219. The van der Waals surface area contributed by atoms with Gasteiger partial charge in [0.1, 0.15) is 5.70 Å². The molecule has 2 aliphatic rings. The number of nitrogens with zero attached hydrogens (tertiary/aromatic N) is 2. The van der Waals surface area contributed by atoms with Gasteiger partial charge in [-0.15, -0.1) is 0 Å². The molecule has 4 nitrogen and oxygen atoms in total. The molecule has 0 bridgehead atoms. The molecule has 2 aromatic rings. The third kappa shape index (κ3) is 3.03. The molecule has 0 aliphatic carbocycles. The number of piperidine rings is 1. The fraction of sp³-hybridized carbons (Fsp3) is 0.333. The molecule has 4 heteroatoms. The standard InChI is InChI=1S/C24H26N2O2/c1-16-11-12-19(15-18(16)3)21-22(25-13-7-4-8-14-25)24(28)26(23(21)27)20-10-6-5-9-17(20)2/h5-6,9-12,15H,4,7-8,13-14H2,1-3H3. The maximum atomic E-state index is 13.5. The minimum Gasteiger partial charge on any atom is -0.366 e. The smallest absolute Gasteiger partial charge is 0.282 e. The van der Waals surface area contributed by atoms with Crippen molar-refractivity contribution in [2.75, 3.05) is 18.0 Å². The van der Waals surface area contributed by atoms with Crippen molar-refractivity contribution in [1.82, 2.24) is 4.90 Å². The number of hydrogen-bond donors (Lipinski definition) is 0. The van der Waals surface area contributed by atoms with Crippen molar-refractivity contribution in [2.24, 2.45) is 0 Å². The van der Waals surface area contributed by atoms with Gasteiger partial charge in [0.05, 0.1) is 11.3 Å². The Bertz CT molecular complexity index is 984. The maximum Gasteiger partial charge on any atom is 0.282 e. The molecule has 0 aromatic heterocycles. The predicted octanol–water partition coefficient (Wildman–Crippen LogP) is 4.38. The molecule has 0 unspecified atom stereocenters. The first-order valence-electron chi connectivity index (χ1n) is 10.0. The van der Waals surface area contributed by atoms with Gasteiger partial charge in [0.2, 0.25) is 0 Å². The number of benzene rings is 2. The van der Waals surface area contributed by atoms with Crippen LogP contribution >= 0.6 is 0 Å². The molecule has 0 N–H and O–H groups in total. The first-order chi connectivity index (χ1) is 13.5. The number of amides is 2. The van der Waals surface area contributed by atoms with Crippen LogP contribution in [-0.4, -0.2) is 29.8 Å². The van der Waals surface area contributed by atoms with E-state index in [2.05, 4.69) is 11.8 Å². The van der Waals surface area contributed by atoms with Gasteiger partial charge in [-0.25, -0.2) is 4.90 Å². The Kier molecular flexibility index (Phi) is 4.80. The molecule has 2 amide bonds. The molecule has 0 saturated carbocycles. The highest BCUT2D eigenvalue weighted by atomic mass is 16.2. The monoisotopic (exact) mass is 374 g/mol. The summed E-state index contributed by atoms with van der Waals surface area (Å²) < 4.78 is 0. The predicted molar refractivity (Wildman–Crippen MR) is 112 cm³/mol. The van der Waals surface area contributed by atoms with Gasteiger partial charge in [0, 0.05) is 13.1 Å². The van der Waals surface area contributed by atoms with Gasteiger partial charge < -0.3 is 4.90 Å². The SMILES string of the molecule is Cc1ccc(C2=C(N3CCCCC3)C(=O)N(c3ccccc3C)C2=O)cc1C. The summed E-state index contributed by atoms with van der Waals surface area (Å²) in [6, 6.07) is 13.6. The lowest BCUT2D eigenvalue weighted by Gasteiger charge is -2.29. The summed E-state index contributed by atoms with van der Waals surface area (Å²) in [7, 11) is 0. The number of rotatable bonds is 3. The molecular formula is C24H26N2O2. The second-order valence-corrected chi connectivity index (χ2v) is 7.80. The van der Waals surface area contributed by atoms with E-state index in [0.717, 1.165) is 42.6 Å². The number of imide groups is 1. The van der Waals surface area contributed by atoms with E-state index in [9.17, 15) is 9.59 Å². The average Bonchev–Trinajstić information content (AvgIpc) is 2.95. The third-order valence-electron chi connectivity index (χ3n) is 5.88. The maximum absolute atomic E-state index is 13.5. The highest BCUT2D eigenvalue weighted by Gasteiger charge is 2.43. The van der Waals surface area contributed by atoms with Crippen molar-refractivity contribution in [3.8, 4) is 0 Å². The molecule has 1 saturated heterocycles. The van der Waals surface area contributed by atoms with Gasteiger partial charge in [-0.2, -0.15) is 0 Å². The van der Waals surface area contributed by atoms with Crippen molar-refractivity contribution in [3.05, 3.63) is 70.4 Å². The van der Waals surface area contributed by atoms with E-state index in [0.29, 0.717) is 17.0 Å². The van der Waals surface area contributed by atoms with Crippen LogP contribution in [0.2, 0.25) is 0 Å². The molecule has 0 atom stereocenters. The first-order valence-corrected chi connectivity index (χ1v) is 10.0. The van der Waals surface area contributed by atoms with E-state index in [4.69, 9.17) is 0 Å². The van der Waals surface area contributed by atoms with Crippen LogP contribution in [0, 0.1) is 20.8 Å². The van der Waals surface area contributed by atoms with Crippen molar-refractivity contribution >= 4 is 23.1 Å². The summed E-state index contributed by atoms with van der Waals surface area (Å²) in [4.78, 5) is 30.5. The number of anilines is 1. The second kappa shape index (κ2) is 7.27. The molecule has 2 aromatic carbocycles. The van der Waals surface area contributed by atoms with Crippen LogP contribution in [0.3, 0.4) is 0 Å². The normalized spacial score (nSPS) is 17.7. The summed E-state index contributed by atoms with van der Waals surface area (Å²) in [6.45, 7) is 7.68. The summed E-state index contributed by atoms with van der Waals surface area (Å²) in [5.74, 6) is -0.419. The fourth-order valence-electron chi connectivity index (χ4n) is 4.12. The lowest BCUT2D eigenvalue weighted by atomic mass is 9.98. The summed E-state index contributed by atoms with van der Waals surface area (Å²) in [5, 5.41) is 0. The van der Waals surface area contributed by atoms with E-state index in [1.807, 2.05) is 56.3 Å². The average molecular weight is 374 g/mol. The van der Waals surface area contributed by atoms with Crippen molar-refractivity contribution in [2.45, 2.75) is 40.0 Å². The van der Waals surface area contributed by atoms with Crippen LogP contribution in [0.1, 0.15) is 41.5 Å². The quantitative estimate of drug-likeness (QED) is 0.749. The molecule has 2 heterocycles. The molecule has 0 spiro atoms. The summed E-state index contributed by atoms with van der Waals surface area (Å²) >= 11 is 0. The highest BCUT2D eigenvalue weighted by molar-refractivity contribution is 6.45. The zero-order valence-electron chi connectivity index (χ0n) is 16.8. The van der Waals surface area contributed by atoms with E-state index in [1.54, 1.807) is 0 Å². The van der Waals surface area contributed by atoms with Crippen LogP contribution in [0.15, 0.2) is 48.2 Å². The Morgan fingerprint density at radius 2 is 1.46 bits per heavy atom. The molecule has 4 rings (SSSR count). The van der Waals surface area contributed by atoms with Gasteiger partial charge >= 0.3 is 0 Å². The molecule has 144 valence electrons. The Balaban J connectivity index is 1.87. The van der Waals surface area contributed by atoms with Crippen LogP contribution in [0.25, 0.3) is 5.57 Å². The van der Waals surface area contributed by atoms with E-state index in [1.165, 1.54) is 16.9 Å². The van der Waals surface area contributed by atoms with Gasteiger partial charge in [0.15, 0.2) is 0 Å².